The van der Waals surface area contributed by atoms with Crippen molar-refractivity contribution in [2.45, 2.75) is 26.3 Å². The van der Waals surface area contributed by atoms with Gasteiger partial charge in [-0.05, 0) is 33.1 Å². The SMILES string of the molecule is CCN(CC)C(CCN)CNC. The zero-order valence-electron chi connectivity index (χ0n) is 8.64. The van der Waals surface area contributed by atoms with Crippen molar-refractivity contribution in [1.29, 1.82) is 0 Å². The van der Waals surface area contributed by atoms with Gasteiger partial charge in [-0.15, -0.1) is 0 Å². The van der Waals surface area contributed by atoms with E-state index in [9.17, 15) is 0 Å². The molecule has 0 amide bonds. The standard InChI is InChI=1S/C9H23N3/c1-4-12(5-2)9(6-7-10)8-11-3/h9,11H,4-8,10H2,1-3H3. The fourth-order valence-corrected chi connectivity index (χ4v) is 1.58. The third-order valence-corrected chi connectivity index (χ3v) is 2.27. The van der Waals surface area contributed by atoms with E-state index in [0.717, 1.165) is 32.6 Å². The molecule has 0 fully saturated rings. The fraction of sp³-hybridized carbons (Fsp3) is 1.00. The van der Waals surface area contributed by atoms with Crippen LogP contribution in [-0.4, -0.2) is 44.2 Å². The quantitative estimate of drug-likeness (QED) is 0.580. The molecule has 1 unspecified atom stereocenters. The number of rotatable bonds is 7. The lowest BCUT2D eigenvalue weighted by atomic mass is 10.1. The number of hydrogen-bond acceptors (Lipinski definition) is 3. The Bertz CT molecular complexity index is 85.8. The second-order valence-electron chi connectivity index (χ2n) is 3.01. The van der Waals surface area contributed by atoms with Gasteiger partial charge in [0, 0.05) is 12.6 Å². The lowest BCUT2D eigenvalue weighted by Crippen LogP contribution is -2.42. The number of nitrogens with zero attached hydrogens (tertiary/aromatic N) is 1. The van der Waals surface area contributed by atoms with Crippen molar-refractivity contribution in [1.82, 2.24) is 10.2 Å². The van der Waals surface area contributed by atoms with E-state index in [0.29, 0.717) is 6.04 Å². The van der Waals surface area contributed by atoms with Crippen molar-refractivity contribution < 1.29 is 0 Å². The second-order valence-corrected chi connectivity index (χ2v) is 3.01. The maximum Gasteiger partial charge on any atom is 0.0232 e. The highest BCUT2D eigenvalue weighted by atomic mass is 15.2. The van der Waals surface area contributed by atoms with Crippen LogP contribution in [0.1, 0.15) is 20.3 Å². The van der Waals surface area contributed by atoms with Gasteiger partial charge < -0.3 is 11.1 Å². The van der Waals surface area contributed by atoms with Crippen LogP contribution in [0, 0.1) is 0 Å². The van der Waals surface area contributed by atoms with E-state index in [4.69, 9.17) is 5.73 Å². The van der Waals surface area contributed by atoms with Crippen LogP contribution in [0.3, 0.4) is 0 Å². The van der Waals surface area contributed by atoms with Crippen LogP contribution in [0.5, 0.6) is 0 Å². The first-order valence-corrected chi connectivity index (χ1v) is 4.88. The Labute approximate surface area is 76.3 Å². The van der Waals surface area contributed by atoms with Gasteiger partial charge >= 0.3 is 0 Å². The normalized spacial score (nSPS) is 13.8. The lowest BCUT2D eigenvalue weighted by Gasteiger charge is -2.29. The summed E-state index contributed by atoms with van der Waals surface area (Å²) in [6, 6.07) is 0.606. The molecule has 0 saturated heterocycles. The summed E-state index contributed by atoms with van der Waals surface area (Å²) in [6.45, 7) is 8.44. The smallest absolute Gasteiger partial charge is 0.0232 e. The first kappa shape index (κ1) is 11.9. The van der Waals surface area contributed by atoms with E-state index < -0.39 is 0 Å². The Balaban J connectivity index is 3.86. The minimum absolute atomic E-state index is 0.606. The number of likely N-dealkylation sites (N-methyl/N-ethyl adjacent to an activating group) is 2. The Kier molecular flexibility index (Phi) is 7.45. The average Bonchev–Trinajstić information content (AvgIpc) is 2.07. The van der Waals surface area contributed by atoms with Crippen molar-refractivity contribution in [3.05, 3.63) is 0 Å². The molecule has 3 N–H and O–H groups in total. The summed E-state index contributed by atoms with van der Waals surface area (Å²) in [5.41, 5.74) is 5.55. The molecule has 0 aliphatic rings. The van der Waals surface area contributed by atoms with Crippen LogP contribution >= 0.6 is 0 Å². The Morgan fingerprint density at radius 1 is 1.33 bits per heavy atom. The number of nitrogens with two attached hydrogens (primary N) is 1. The minimum atomic E-state index is 0.606. The summed E-state index contributed by atoms with van der Waals surface area (Å²) in [4.78, 5) is 2.45. The Morgan fingerprint density at radius 2 is 1.92 bits per heavy atom. The van der Waals surface area contributed by atoms with Crippen molar-refractivity contribution in [2.75, 3.05) is 33.2 Å². The molecule has 0 radical (unpaired) electrons. The van der Waals surface area contributed by atoms with Crippen LogP contribution in [0.15, 0.2) is 0 Å². The molecule has 0 aliphatic carbocycles. The van der Waals surface area contributed by atoms with Crippen LogP contribution in [0.4, 0.5) is 0 Å². The summed E-state index contributed by atoms with van der Waals surface area (Å²) < 4.78 is 0. The molecule has 0 bridgehead atoms. The molecule has 1 atom stereocenters. The predicted molar refractivity (Wildman–Crippen MR) is 54.3 cm³/mol. The summed E-state index contributed by atoms with van der Waals surface area (Å²) in [5, 5.41) is 3.20. The van der Waals surface area contributed by atoms with E-state index in [1.54, 1.807) is 0 Å². The lowest BCUT2D eigenvalue weighted by molar-refractivity contribution is 0.206. The highest BCUT2D eigenvalue weighted by Gasteiger charge is 2.12. The highest BCUT2D eigenvalue weighted by molar-refractivity contribution is 4.71. The summed E-state index contributed by atoms with van der Waals surface area (Å²) in [5.74, 6) is 0. The Hall–Kier alpha value is -0.120. The molecular formula is C9H23N3. The van der Waals surface area contributed by atoms with Gasteiger partial charge in [0.1, 0.15) is 0 Å². The van der Waals surface area contributed by atoms with Crippen LogP contribution in [0.2, 0.25) is 0 Å². The van der Waals surface area contributed by atoms with Crippen molar-refractivity contribution in [3.63, 3.8) is 0 Å². The van der Waals surface area contributed by atoms with Crippen molar-refractivity contribution >= 4 is 0 Å². The van der Waals surface area contributed by atoms with Crippen LogP contribution in [-0.2, 0) is 0 Å². The predicted octanol–water partition coefficient (Wildman–Crippen LogP) is 0.265. The van der Waals surface area contributed by atoms with Crippen LogP contribution in [0.25, 0.3) is 0 Å². The molecule has 0 aliphatic heterocycles. The van der Waals surface area contributed by atoms with E-state index in [1.807, 2.05) is 7.05 Å². The molecule has 3 nitrogen and oxygen atoms in total. The third-order valence-electron chi connectivity index (χ3n) is 2.27. The molecule has 0 spiro atoms. The largest absolute Gasteiger partial charge is 0.330 e. The molecule has 0 saturated carbocycles. The molecule has 0 aromatic rings. The second kappa shape index (κ2) is 7.53. The van der Waals surface area contributed by atoms with Gasteiger partial charge in [-0.2, -0.15) is 0 Å². The number of hydrogen-bond donors (Lipinski definition) is 2. The molecule has 0 aromatic carbocycles. The first-order chi connectivity index (χ1) is 5.79. The van der Waals surface area contributed by atoms with E-state index in [1.165, 1.54) is 0 Å². The summed E-state index contributed by atoms with van der Waals surface area (Å²) in [6.07, 6.45) is 1.09. The van der Waals surface area contributed by atoms with E-state index in [-0.39, 0.29) is 0 Å². The van der Waals surface area contributed by atoms with Gasteiger partial charge in [-0.3, -0.25) is 4.90 Å². The van der Waals surface area contributed by atoms with E-state index >= 15 is 0 Å². The van der Waals surface area contributed by atoms with E-state index in [2.05, 4.69) is 24.1 Å². The molecule has 12 heavy (non-hydrogen) atoms. The van der Waals surface area contributed by atoms with Crippen LogP contribution < -0.4 is 11.1 Å². The number of nitrogens with one attached hydrogen (secondary N) is 1. The summed E-state index contributed by atoms with van der Waals surface area (Å²) >= 11 is 0. The molecule has 74 valence electrons. The third kappa shape index (κ3) is 4.04. The fourth-order valence-electron chi connectivity index (χ4n) is 1.58. The average molecular weight is 173 g/mol. The maximum absolute atomic E-state index is 5.55. The zero-order valence-corrected chi connectivity index (χ0v) is 8.64. The zero-order chi connectivity index (χ0) is 9.40. The van der Waals surface area contributed by atoms with Gasteiger partial charge in [0.2, 0.25) is 0 Å². The molecule has 3 heteroatoms. The molecular weight excluding hydrogens is 150 g/mol. The topological polar surface area (TPSA) is 41.3 Å². The van der Waals surface area contributed by atoms with Gasteiger partial charge in [0.05, 0.1) is 0 Å². The summed E-state index contributed by atoms with van der Waals surface area (Å²) in [7, 11) is 1.99. The first-order valence-electron chi connectivity index (χ1n) is 4.88. The minimum Gasteiger partial charge on any atom is -0.330 e. The maximum atomic E-state index is 5.55. The highest BCUT2D eigenvalue weighted by Crippen LogP contribution is 2.01. The van der Waals surface area contributed by atoms with Gasteiger partial charge in [0.15, 0.2) is 0 Å². The van der Waals surface area contributed by atoms with Crippen molar-refractivity contribution in [2.24, 2.45) is 5.73 Å². The van der Waals surface area contributed by atoms with Gasteiger partial charge in [-0.25, -0.2) is 0 Å². The van der Waals surface area contributed by atoms with Gasteiger partial charge in [0.25, 0.3) is 0 Å². The monoisotopic (exact) mass is 173 g/mol. The Morgan fingerprint density at radius 3 is 2.25 bits per heavy atom. The van der Waals surface area contributed by atoms with Crippen molar-refractivity contribution in [3.8, 4) is 0 Å². The molecule has 0 heterocycles. The molecule has 0 aromatic heterocycles. The van der Waals surface area contributed by atoms with Gasteiger partial charge in [-0.1, -0.05) is 13.8 Å². The molecule has 0 rings (SSSR count).